The van der Waals surface area contributed by atoms with Crippen LogP contribution < -0.4 is 0 Å². The summed E-state index contributed by atoms with van der Waals surface area (Å²) in [6.07, 6.45) is 14.4. The van der Waals surface area contributed by atoms with Crippen LogP contribution in [-0.4, -0.2) is 36.5 Å². The molecule has 0 N–H and O–H groups in total. The molecule has 32 heavy (non-hydrogen) atoms. The molecule has 0 spiro atoms. The lowest BCUT2D eigenvalue weighted by Gasteiger charge is -2.24. The number of benzene rings is 1. The van der Waals surface area contributed by atoms with Crippen molar-refractivity contribution in [1.82, 2.24) is 4.90 Å². The molecule has 1 rings (SSSR count). The maximum Gasteiger partial charge on any atom is 0.338 e. The molecule has 4 heteroatoms. The molecule has 1 aromatic carbocycles. The number of unbranched alkanes of at least 4 members (excludes halogenated alkanes) is 10. The van der Waals surface area contributed by atoms with Crippen LogP contribution in [0.3, 0.4) is 0 Å². The van der Waals surface area contributed by atoms with E-state index in [1.807, 2.05) is 24.8 Å². The van der Waals surface area contributed by atoms with Gasteiger partial charge in [0.1, 0.15) is 0 Å². The SMILES string of the molecule is CCCCCCCCN(CCCCCCCC)C(=O)c1ccccc1C(=O)OCC(C)C. The van der Waals surface area contributed by atoms with E-state index in [4.69, 9.17) is 4.74 Å². The molecule has 0 saturated heterocycles. The molecule has 0 radical (unpaired) electrons. The van der Waals surface area contributed by atoms with Crippen molar-refractivity contribution in [2.24, 2.45) is 5.92 Å². The average molecular weight is 446 g/mol. The van der Waals surface area contributed by atoms with Crippen molar-refractivity contribution in [2.45, 2.75) is 105 Å². The second kappa shape index (κ2) is 17.7. The van der Waals surface area contributed by atoms with Crippen LogP contribution in [0, 0.1) is 5.92 Å². The number of esters is 1. The fraction of sp³-hybridized carbons (Fsp3) is 0.714. The van der Waals surface area contributed by atoms with Crippen LogP contribution >= 0.6 is 0 Å². The van der Waals surface area contributed by atoms with Gasteiger partial charge in [0.15, 0.2) is 0 Å². The number of hydrogen-bond acceptors (Lipinski definition) is 3. The second-order valence-corrected chi connectivity index (χ2v) is 9.37. The van der Waals surface area contributed by atoms with Gasteiger partial charge in [-0.3, -0.25) is 4.79 Å². The Morgan fingerprint density at radius 3 is 1.72 bits per heavy atom. The standard InChI is InChI=1S/C28H47NO3/c1-5-7-9-11-13-17-21-29(22-18-14-12-10-8-6-2)27(30)25-19-15-16-20-26(25)28(31)32-23-24(3)4/h15-16,19-20,24H,5-14,17-18,21-23H2,1-4H3. The largest absolute Gasteiger partial charge is 0.462 e. The molecule has 0 saturated carbocycles. The van der Waals surface area contributed by atoms with Crippen molar-refractivity contribution < 1.29 is 14.3 Å². The van der Waals surface area contributed by atoms with Gasteiger partial charge in [0.25, 0.3) is 5.91 Å². The Hall–Kier alpha value is -1.84. The minimum absolute atomic E-state index is 0.0378. The molecule has 0 fully saturated rings. The van der Waals surface area contributed by atoms with Gasteiger partial charge >= 0.3 is 5.97 Å². The fourth-order valence-corrected chi connectivity index (χ4v) is 3.82. The molecule has 1 aromatic rings. The van der Waals surface area contributed by atoms with Crippen molar-refractivity contribution in [1.29, 1.82) is 0 Å². The zero-order chi connectivity index (χ0) is 23.6. The summed E-state index contributed by atoms with van der Waals surface area (Å²) in [7, 11) is 0. The summed E-state index contributed by atoms with van der Waals surface area (Å²) in [5.41, 5.74) is 0.854. The molecule has 0 heterocycles. The van der Waals surface area contributed by atoms with Gasteiger partial charge in [-0.15, -0.1) is 0 Å². The van der Waals surface area contributed by atoms with Gasteiger partial charge in [-0.05, 0) is 30.9 Å². The molecule has 0 unspecified atom stereocenters. The van der Waals surface area contributed by atoms with Crippen molar-refractivity contribution in [3.8, 4) is 0 Å². The molecule has 0 aliphatic carbocycles. The maximum atomic E-state index is 13.5. The zero-order valence-corrected chi connectivity index (χ0v) is 21.2. The summed E-state index contributed by atoms with van der Waals surface area (Å²) in [5.74, 6) is -0.176. The number of hydrogen-bond donors (Lipinski definition) is 0. The topological polar surface area (TPSA) is 46.6 Å². The van der Waals surface area contributed by atoms with Gasteiger partial charge in [0, 0.05) is 13.1 Å². The highest BCUT2D eigenvalue weighted by atomic mass is 16.5. The number of carbonyl (C=O) groups excluding carboxylic acids is 2. The summed E-state index contributed by atoms with van der Waals surface area (Å²) in [4.78, 5) is 28.1. The molecule has 0 bridgehead atoms. The Morgan fingerprint density at radius 1 is 0.750 bits per heavy atom. The van der Waals surface area contributed by atoms with Crippen molar-refractivity contribution in [3.05, 3.63) is 35.4 Å². The van der Waals surface area contributed by atoms with Gasteiger partial charge in [0.05, 0.1) is 17.7 Å². The monoisotopic (exact) mass is 445 g/mol. The molecule has 0 atom stereocenters. The number of ether oxygens (including phenoxy) is 1. The molecule has 4 nitrogen and oxygen atoms in total. The highest BCUT2D eigenvalue weighted by Crippen LogP contribution is 2.17. The lowest BCUT2D eigenvalue weighted by atomic mass is 10.0. The summed E-state index contributed by atoms with van der Waals surface area (Å²) < 4.78 is 5.42. The van der Waals surface area contributed by atoms with Crippen LogP contribution in [0.25, 0.3) is 0 Å². The van der Waals surface area contributed by atoms with Crippen molar-refractivity contribution >= 4 is 11.9 Å². The fourth-order valence-electron chi connectivity index (χ4n) is 3.82. The predicted molar refractivity (Wildman–Crippen MR) is 134 cm³/mol. The minimum Gasteiger partial charge on any atom is -0.462 e. The van der Waals surface area contributed by atoms with Crippen LogP contribution in [0.15, 0.2) is 24.3 Å². The van der Waals surface area contributed by atoms with E-state index in [1.165, 1.54) is 51.4 Å². The molecule has 0 aliphatic heterocycles. The Bertz CT molecular complexity index is 625. The lowest BCUT2D eigenvalue weighted by Crippen LogP contribution is -2.34. The Labute approximate surface area is 197 Å². The second-order valence-electron chi connectivity index (χ2n) is 9.37. The molecule has 1 amide bonds. The predicted octanol–water partition coefficient (Wildman–Crippen LogP) is 7.66. The minimum atomic E-state index is -0.401. The highest BCUT2D eigenvalue weighted by molar-refractivity contribution is 6.05. The summed E-state index contributed by atoms with van der Waals surface area (Å²) >= 11 is 0. The van der Waals surface area contributed by atoms with Gasteiger partial charge in [0.2, 0.25) is 0 Å². The smallest absolute Gasteiger partial charge is 0.338 e. The molecular weight excluding hydrogens is 398 g/mol. The summed E-state index contributed by atoms with van der Waals surface area (Å²) in [6, 6.07) is 7.11. The number of nitrogens with zero attached hydrogens (tertiary/aromatic N) is 1. The number of rotatable bonds is 18. The van der Waals surface area contributed by atoms with Gasteiger partial charge in [-0.1, -0.05) is 104 Å². The van der Waals surface area contributed by atoms with E-state index in [-0.39, 0.29) is 11.8 Å². The molecular formula is C28H47NO3. The van der Waals surface area contributed by atoms with Crippen LogP contribution in [0.2, 0.25) is 0 Å². The maximum absolute atomic E-state index is 13.5. The highest BCUT2D eigenvalue weighted by Gasteiger charge is 2.22. The van der Waals surface area contributed by atoms with Crippen LogP contribution in [0.4, 0.5) is 0 Å². The Kier molecular flexibility index (Phi) is 15.6. The van der Waals surface area contributed by atoms with E-state index in [0.717, 1.165) is 38.8 Å². The molecule has 0 aromatic heterocycles. The Balaban J connectivity index is 2.78. The number of amides is 1. The first-order valence-electron chi connectivity index (χ1n) is 13.1. The van der Waals surface area contributed by atoms with E-state index in [9.17, 15) is 9.59 Å². The van der Waals surface area contributed by atoms with E-state index >= 15 is 0 Å². The lowest BCUT2D eigenvalue weighted by molar-refractivity contribution is 0.0453. The van der Waals surface area contributed by atoms with Crippen LogP contribution in [0.5, 0.6) is 0 Å². The summed E-state index contributed by atoms with van der Waals surface area (Å²) in [6.45, 7) is 10.3. The quantitative estimate of drug-likeness (QED) is 0.172. The van der Waals surface area contributed by atoms with Gasteiger partial charge < -0.3 is 9.64 Å². The number of carbonyl (C=O) groups is 2. The van der Waals surface area contributed by atoms with Gasteiger partial charge in [-0.25, -0.2) is 4.79 Å². The third-order valence-electron chi connectivity index (χ3n) is 5.78. The van der Waals surface area contributed by atoms with Crippen molar-refractivity contribution in [3.63, 3.8) is 0 Å². The molecule has 0 aliphatic rings. The third kappa shape index (κ3) is 11.7. The first kappa shape index (κ1) is 28.2. The average Bonchev–Trinajstić information content (AvgIpc) is 2.80. The summed E-state index contributed by atoms with van der Waals surface area (Å²) in [5, 5.41) is 0. The van der Waals surface area contributed by atoms with E-state index in [1.54, 1.807) is 18.2 Å². The van der Waals surface area contributed by atoms with Crippen molar-refractivity contribution in [2.75, 3.05) is 19.7 Å². The molecule has 182 valence electrons. The van der Waals surface area contributed by atoms with Gasteiger partial charge in [-0.2, -0.15) is 0 Å². The van der Waals surface area contributed by atoms with Crippen LogP contribution in [0.1, 0.15) is 125 Å². The zero-order valence-electron chi connectivity index (χ0n) is 21.2. The first-order valence-corrected chi connectivity index (χ1v) is 13.1. The van der Waals surface area contributed by atoms with Crippen LogP contribution in [-0.2, 0) is 4.74 Å². The normalized spacial score (nSPS) is 11.0. The Morgan fingerprint density at radius 2 is 1.22 bits per heavy atom. The van der Waals surface area contributed by atoms with E-state index in [2.05, 4.69) is 13.8 Å². The van der Waals surface area contributed by atoms with E-state index < -0.39 is 5.97 Å². The van der Waals surface area contributed by atoms with E-state index in [0.29, 0.717) is 17.7 Å². The first-order chi connectivity index (χ1) is 15.5. The third-order valence-corrected chi connectivity index (χ3v) is 5.78.